The van der Waals surface area contributed by atoms with Gasteiger partial charge in [0, 0.05) is 0 Å². The predicted octanol–water partition coefficient (Wildman–Crippen LogP) is -0.505. The van der Waals surface area contributed by atoms with Gasteiger partial charge in [0.1, 0.15) is 24.3 Å². The van der Waals surface area contributed by atoms with Crippen molar-refractivity contribution in [2.75, 3.05) is 13.2 Å². The van der Waals surface area contributed by atoms with Crippen molar-refractivity contribution in [1.82, 2.24) is 0 Å². The first-order valence-corrected chi connectivity index (χ1v) is 3.04. The molecule has 62 valence electrons. The summed E-state index contributed by atoms with van der Waals surface area (Å²) >= 11 is 0. The van der Waals surface area contributed by atoms with Crippen LogP contribution in [0, 0.1) is 22.7 Å². The van der Waals surface area contributed by atoms with Crippen LogP contribution in [0.25, 0.3) is 0 Å². The van der Waals surface area contributed by atoms with Gasteiger partial charge in [-0.15, -0.1) is 0 Å². The van der Waals surface area contributed by atoms with Crippen LogP contribution in [0.2, 0.25) is 0 Å². The Labute approximate surface area is 69.1 Å². The molecule has 0 aliphatic rings. The van der Waals surface area contributed by atoms with E-state index >= 15 is 0 Å². The van der Waals surface area contributed by atoms with Crippen LogP contribution >= 0.6 is 0 Å². The van der Waals surface area contributed by atoms with Crippen molar-refractivity contribution in [3.05, 3.63) is 11.6 Å². The van der Waals surface area contributed by atoms with Crippen LogP contribution in [0.1, 0.15) is 0 Å². The second-order valence-electron chi connectivity index (χ2n) is 1.67. The molecule has 0 unspecified atom stereocenters. The summed E-state index contributed by atoms with van der Waals surface area (Å²) in [5.41, 5.74) is -0.321. The standard InChI is InChI=1S/C7H6N2O3/c8-4-6(5-9)3-7(11)12-2-1-10/h3,10H,1-2H2. The Bertz CT molecular complexity index is 253. The Balaban J connectivity index is 4.08. The summed E-state index contributed by atoms with van der Waals surface area (Å²) in [5.74, 6) is -0.804. The third kappa shape index (κ3) is 4.04. The van der Waals surface area contributed by atoms with E-state index in [-0.39, 0.29) is 18.8 Å². The minimum absolute atomic E-state index is 0.139. The molecule has 12 heavy (non-hydrogen) atoms. The van der Waals surface area contributed by atoms with E-state index in [9.17, 15) is 4.79 Å². The number of aliphatic hydroxyl groups is 1. The van der Waals surface area contributed by atoms with E-state index in [1.54, 1.807) is 0 Å². The quantitative estimate of drug-likeness (QED) is 0.346. The molecule has 0 fully saturated rings. The Morgan fingerprint density at radius 3 is 2.50 bits per heavy atom. The van der Waals surface area contributed by atoms with Crippen molar-refractivity contribution in [3.63, 3.8) is 0 Å². The fraction of sp³-hybridized carbons (Fsp3) is 0.286. The number of carbonyl (C=O) groups excluding carboxylic acids is 1. The highest BCUT2D eigenvalue weighted by Gasteiger charge is 2.00. The summed E-state index contributed by atoms with van der Waals surface area (Å²) in [6, 6.07) is 2.99. The number of aliphatic hydroxyl groups excluding tert-OH is 1. The molecule has 0 heterocycles. The van der Waals surface area contributed by atoms with E-state index in [0.717, 1.165) is 6.08 Å². The molecule has 0 saturated heterocycles. The van der Waals surface area contributed by atoms with Crippen LogP contribution in [-0.2, 0) is 9.53 Å². The zero-order chi connectivity index (χ0) is 9.40. The Hall–Kier alpha value is -1.85. The molecule has 0 aliphatic heterocycles. The lowest BCUT2D eigenvalue weighted by molar-refractivity contribution is -0.138. The van der Waals surface area contributed by atoms with Crippen molar-refractivity contribution in [1.29, 1.82) is 10.5 Å². The van der Waals surface area contributed by atoms with E-state index < -0.39 is 5.97 Å². The molecule has 0 spiro atoms. The minimum atomic E-state index is -0.804. The number of hydrogen-bond acceptors (Lipinski definition) is 5. The van der Waals surface area contributed by atoms with Crippen molar-refractivity contribution in [3.8, 4) is 12.1 Å². The molecule has 0 atom stereocenters. The Morgan fingerprint density at radius 1 is 1.50 bits per heavy atom. The van der Waals surface area contributed by atoms with Gasteiger partial charge in [0.15, 0.2) is 0 Å². The van der Waals surface area contributed by atoms with E-state index in [2.05, 4.69) is 4.74 Å². The maximum absolute atomic E-state index is 10.6. The highest BCUT2D eigenvalue weighted by Crippen LogP contribution is 1.90. The van der Waals surface area contributed by atoms with Gasteiger partial charge in [0.2, 0.25) is 0 Å². The van der Waals surface area contributed by atoms with Gasteiger partial charge in [0.25, 0.3) is 0 Å². The van der Waals surface area contributed by atoms with Crippen LogP contribution < -0.4 is 0 Å². The second-order valence-corrected chi connectivity index (χ2v) is 1.67. The van der Waals surface area contributed by atoms with Gasteiger partial charge in [-0.3, -0.25) is 0 Å². The minimum Gasteiger partial charge on any atom is -0.460 e. The van der Waals surface area contributed by atoms with Crippen LogP contribution in [0.15, 0.2) is 11.6 Å². The predicted molar refractivity (Wildman–Crippen MR) is 37.4 cm³/mol. The zero-order valence-electron chi connectivity index (χ0n) is 6.15. The summed E-state index contributed by atoms with van der Waals surface area (Å²) in [7, 11) is 0. The lowest BCUT2D eigenvalue weighted by Gasteiger charge is -1.95. The molecule has 0 rings (SSSR count). The summed E-state index contributed by atoms with van der Waals surface area (Å²) < 4.78 is 4.36. The van der Waals surface area contributed by atoms with E-state index in [0.29, 0.717) is 0 Å². The Kier molecular flexibility index (Phi) is 4.99. The number of carbonyl (C=O) groups is 1. The van der Waals surface area contributed by atoms with Gasteiger partial charge in [0.05, 0.1) is 12.7 Å². The van der Waals surface area contributed by atoms with Gasteiger partial charge in [-0.25, -0.2) is 4.79 Å². The average Bonchev–Trinajstić information content (AvgIpc) is 2.10. The fourth-order valence-corrected chi connectivity index (χ4v) is 0.395. The molecule has 5 nitrogen and oxygen atoms in total. The highest BCUT2D eigenvalue weighted by atomic mass is 16.5. The van der Waals surface area contributed by atoms with Crippen molar-refractivity contribution >= 4 is 5.97 Å². The molecule has 5 heteroatoms. The second kappa shape index (κ2) is 5.90. The van der Waals surface area contributed by atoms with E-state index in [4.69, 9.17) is 15.6 Å². The fourth-order valence-electron chi connectivity index (χ4n) is 0.395. The van der Waals surface area contributed by atoms with Crippen LogP contribution in [0.4, 0.5) is 0 Å². The lowest BCUT2D eigenvalue weighted by Crippen LogP contribution is -2.05. The maximum Gasteiger partial charge on any atom is 0.332 e. The summed E-state index contributed by atoms with van der Waals surface area (Å²) in [6.07, 6.45) is 0.773. The molecule has 0 radical (unpaired) electrons. The average molecular weight is 166 g/mol. The van der Waals surface area contributed by atoms with Gasteiger partial charge in [-0.1, -0.05) is 0 Å². The van der Waals surface area contributed by atoms with Gasteiger partial charge < -0.3 is 9.84 Å². The largest absolute Gasteiger partial charge is 0.460 e. The molecule has 0 aromatic carbocycles. The Morgan fingerprint density at radius 2 is 2.08 bits per heavy atom. The topological polar surface area (TPSA) is 94.1 Å². The van der Waals surface area contributed by atoms with Crippen LogP contribution in [0.5, 0.6) is 0 Å². The van der Waals surface area contributed by atoms with Crippen molar-refractivity contribution in [2.45, 2.75) is 0 Å². The number of nitrogens with zero attached hydrogens (tertiary/aromatic N) is 2. The lowest BCUT2D eigenvalue weighted by atomic mass is 10.3. The molecular formula is C7H6N2O3. The molecular weight excluding hydrogens is 160 g/mol. The summed E-state index contributed by atoms with van der Waals surface area (Å²) in [6.45, 7) is -0.423. The van der Waals surface area contributed by atoms with Gasteiger partial charge >= 0.3 is 5.97 Å². The van der Waals surface area contributed by atoms with Crippen molar-refractivity contribution in [2.24, 2.45) is 0 Å². The third-order valence-electron chi connectivity index (χ3n) is 0.839. The normalized spacial score (nSPS) is 7.58. The number of nitriles is 2. The maximum atomic E-state index is 10.6. The highest BCUT2D eigenvalue weighted by molar-refractivity contribution is 5.84. The first-order valence-electron chi connectivity index (χ1n) is 3.04. The molecule has 0 saturated carbocycles. The van der Waals surface area contributed by atoms with Crippen LogP contribution in [0.3, 0.4) is 0 Å². The van der Waals surface area contributed by atoms with Gasteiger partial charge in [-0.05, 0) is 0 Å². The van der Waals surface area contributed by atoms with Crippen LogP contribution in [-0.4, -0.2) is 24.3 Å². The first kappa shape index (κ1) is 10.2. The molecule has 0 aromatic rings. The summed E-state index contributed by atoms with van der Waals surface area (Å²) in [4.78, 5) is 10.6. The molecule has 1 N–H and O–H groups in total. The van der Waals surface area contributed by atoms with E-state index in [1.165, 1.54) is 12.1 Å². The number of ether oxygens (including phenoxy) is 1. The number of esters is 1. The number of hydrogen-bond donors (Lipinski definition) is 1. The number of rotatable bonds is 3. The molecule has 0 aliphatic carbocycles. The number of allylic oxidation sites excluding steroid dienone is 1. The first-order chi connectivity index (χ1) is 5.74. The molecule has 0 aromatic heterocycles. The molecule has 0 bridgehead atoms. The van der Waals surface area contributed by atoms with Gasteiger partial charge in [-0.2, -0.15) is 10.5 Å². The van der Waals surface area contributed by atoms with Crippen molar-refractivity contribution < 1.29 is 14.6 Å². The third-order valence-corrected chi connectivity index (χ3v) is 0.839. The zero-order valence-corrected chi connectivity index (χ0v) is 6.15. The van der Waals surface area contributed by atoms with E-state index in [1.807, 2.05) is 0 Å². The molecule has 0 amide bonds. The monoisotopic (exact) mass is 166 g/mol. The summed E-state index contributed by atoms with van der Waals surface area (Å²) in [5, 5.41) is 24.6. The smallest absolute Gasteiger partial charge is 0.332 e. The SMILES string of the molecule is N#CC(C#N)=CC(=O)OCCO.